The van der Waals surface area contributed by atoms with E-state index in [-0.39, 0.29) is 12.5 Å². The molecule has 25 heavy (non-hydrogen) atoms. The summed E-state index contributed by atoms with van der Waals surface area (Å²) in [6, 6.07) is 13.3. The molecule has 0 fully saturated rings. The third kappa shape index (κ3) is 3.39. The number of aliphatic hydroxyl groups is 1. The molecule has 132 valence electrons. The number of imidazole rings is 1. The number of benzene rings is 2. The van der Waals surface area contributed by atoms with Crippen molar-refractivity contribution < 1.29 is 18.3 Å². The summed E-state index contributed by atoms with van der Waals surface area (Å²) in [7, 11) is 0. The number of hydrogen-bond acceptors (Lipinski definition) is 2. The number of alkyl halides is 3. The van der Waals surface area contributed by atoms with E-state index >= 15 is 0 Å². The van der Waals surface area contributed by atoms with Gasteiger partial charge >= 0.3 is 6.18 Å². The smallest absolute Gasteiger partial charge is 0.395 e. The molecule has 2 aromatic carbocycles. The van der Waals surface area contributed by atoms with Crippen molar-refractivity contribution in [3.05, 3.63) is 65.5 Å². The molecule has 0 aliphatic heterocycles. The Kier molecular flexibility index (Phi) is 4.81. The van der Waals surface area contributed by atoms with Crippen LogP contribution in [0.25, 0.3) is 11.0 Å². The second kappa shape index (κ2) is 6.88. The van der Waals surface area contributed by atoms with Gasteiger partial charge in [0.05, 0.1) is 23.2 Å². The molecule has 0 aliphatic rings. The van der Waals surface area contributed by atoms with E-state index in [0.29, 0.717) is 23.4 Å². The highest BCUT2D eigenvalue weighted by Gasteiger charge is 2.31. The van der Waals surface area contributed by atoms with E-state index < -0.39 is 11.7 Å². The van der Waals surface area contributed by atoms with Gasteiger partial charge in [0.2, 0.25) is 0 Å². The Bertz CT molecular complexity index is 856. The van der Waals surface area contributed by atoms with Gasteiger partial charge in [-0.25, -0.2) is 4.98 Å². The van der Waals surface area contributed by atoms with Crippen LogP contribution in [0, 0.1) is 0 Å². The molecule has 6 heteroatoms. The van der Waals surface area contributed by atoms with E-state index in [2.05, 4.69) is 4.98 Å². The lowest BCUT2D eigenvalue weighted by atomic mass is 9.95. The van der Waals surface area contributed by atoms with Crippen molar-refractivity contribution >= 4 is 11.0 Å². The minimum atomic E-state index is -4.40. The summed E-state index contributed by atoms with van der Waals surface area (Å²) in [5, 5.41) is 9.40. The fraction of sp³-hybridized carbons (Fsp3) is 0.316. The number of nitrogens with zero attached hydrogens (tertiary/aromatic N) is 2. The van der Waals surface area contributed by atoms with Crippen LogP contribution in [0.5, 0.6) is 0 Å². The molecule has 0 amide bonds. The molecule has 0 radical (unpaired) electrons. The van der Waals surface area contributed by atoms with Gasteiger partial charge in [0.1, 0.15) is 5.82 Å². The molecule has 0 saturated heterocycles. The summed E-state index contributed by atoms with van der Waals surface area (Å²) < 4.78 is 40.8. The Hall–Kier alpha value is -2.34. The molecule has 0 saturated carbocycles. The second-order valence-electron chi connectivity index (χ2n) is 5.92. The maximum absolute atomic E-state index is 13.0. The third-order valence-electron chi connectivity index (χ3n) is 4.35. The van der Waals surface area contributed by atoms with E-state index in [0.717, 1.165) is 24.1 Å². The standard InChI is InChI=1S/C19H19F3N2O/c1-2-15(13-6-4-3-5-7-13)18-23-16-12-14(19(20,21)22)8-9-17(16)24(18)10-11-25/h3-9,12,15,25H,2,10-11H2,1H3. The molecule has 3 rings (SSSR count). The monoisotopic (exact) mass is 348 g/mol. The van der Waals surface area contributed by atoms with Crippen LogP contribution in [0.4, 0.5) is 13.2 Å². The van der Waals surface area contributed by atoms with Crippen LogP contribution in [0.3, 0.4) is 0 Å². The quantitative estimate of drug-likeness (QED) is 0.732. The average molecular weight is 348 g/mol. The van der Waals surface area contributed by atoms with Crippen molar-refractivity contribution in [1.29, 1.82) is 0 Å². The molecule has 1 aromatic heterocycles. The van der Waals surface area contributed by atoms with Crippen LogP contribution in [-0.2, 0) is 12.7 Å². The number of rotatable bonds is 5. The molecule has 0 bridgehead atoms. The van der Waals surface area contributed by atoms with Crippen LogP contribution in [0.15, 0.2) is 48.5 Å². The first-order valence-corrected chi connectivity index (χ1v) is 8.19. The van der Waals surface area contributed by atoms with Gasteiger partial charge in [0.25, 0.3) is 0 Å². The van der Waals surface area contributed by atoms with Gasteiger partial charge in [0, 0.05) is 12.5 Å². The van der Waals surface area contributed by atoms with Crippen molar-refractivity contribution in [1.82, 2.24) is 9.55 Å². The molecule has 1 N–H and O–H groups in total. The third-order valence-corrected chi connectivity index (χ3v) is 4.35. The molecule has 0 aliphatic carbocycles. The fourth-order valence-corrected chi connectivity index (χ4v) is 3.18. The molecule has 1 heterocycles. The molecule has 0 spiro atoms. The molecule has 1 unspecified atom stereocenters. The highest BCUT2D eigenvalue weighted by Crippen LogP contribution is 2.34. The zero-order valence-electron chi connectivity index (χ0n) is 13.8. The average Bonchev–Trinajstić information content (AvgIpc) is 2.94. The lowest BCUT2D eigenvalue weighted by molar-refractivity contribution is -0.137. The van der Waals surface area contributed by atoms with Crippen LogP contribution in [0.1, 0.15) is 36.2 Å². The van der Waals surface area contributed by atoms with Crippen LogP contribution >= 0.6 is 0 Å². The van der Waals surface area contributed by atoms with Crippen molar-refractivity contribution in [2.24, 2.45) is 0 Å². The summed E-state index contributed by atoms with van der Waals surface area (Å²) in [6.45, 7) is 2.20. The van der Waals surface area contributed by atoms with E-state index in [1.807, 2.05) is 41.8 Å². The van der Waals surface area contributed by atoms with Gasteiger partial charge in [-0.2, -0.15) is 13.2 Å². The summed E-state index contributed by atoms with van der Waals surface area (Å²) >= 11 is 0. The maximum atomic E-state index is 13.0. The van der Waals surface area contributed by atoms with Crippen LogP contribution < -0.4 is 0 Å². The Morgan fingerprint density at radius 3 is 2.44 bits per heavy atom. The lowest BCUT2D eigenvalue weighted by Crippen LogP contribution is -2.12. The Balaban J connectivity index is 2.17. The number of hydrogen-bond donors (Lipinski definition) is 1. The van der Waals surface area contributed by atoms with E-state index in [9.17, 15) is 18.3 Å². The SMILES string of the molecule is CCC(c1ccccc1)c1nc2cc(C(F)(F)F)ccc2n1CCO. The summed E-state index contributed by atoms with van der Waals surface area (Å²) in [4.78, 5) is 4.50. The van der Waals surface area contributed by atoms with Gasteiger partial charge in [-0.3, -0.25) is 0 Å². The summed E-state index contributed by atoms with van der Waals surface area (Å²) in [6.07, 6.45) is -3.65. The zero-order chi connectivity index (χ0) is 18.0. The largest absolute Gasteiger partial charge is 0.416 e. The van der Waals surface area contributed by atoms with E-state index in [1.165, 1.54) is 6.07 Å². The van der Waals surface area contributed by atoms with E-state index in [4.69, 9.17) is 0 Å². The minimum absolute atomic E-state index is 0.0468. The first-order valence-electron chi connectivity index (χ1n) is 8.19. The Morgan fingerprint density at radius 1 is 1.12 bits per heavy atom. The normalized spacial score (nSPS) is 13.3. The van der Waals surface area contributed by atoms with Crippen molar-refractivity contribution in [3.8, 4) is 0 Å². The molecule has 1 atom stereocenters. The molecular formula is C19H19F3N2O. The Labute approximate surface area is 143 Å². The van der Waals surface area contributed by atoms with Crippen LogP contribution in [-0.4, -0.2) is 21.3 Å². The highest BCUT2D eigenvalue weighted by atomic mass is 19.4. The van der Waals surface area contributed by atoms with Crippen LogP contribution in [0.2, 0.25) is 0 Å². The topological polar surface area (TPSA) is 38.0 Å². The predicted octanol–water partition coefficient (Wildman–Crippen LogP) is 4.59. The number of aliphatic hydroxyl groups excluding tert-OH is 1. The van der Waals surface area contributed by atoms with Gasteiger partial charge in [-0.1, -0.05) is 37.3 Å². The van der Waals surface area contributed by atoms with Gasteiger partial charge in [-0.05, 0) is 30.2 Å². The number of aromatic nitrogens is 2. The Morgan fingerprint density at radius 2 is 1.84 bits per heavy atom. The first-order chi connectivity index (χ1) is 12.0. The van der Waals surface area contributed by atoms with E-state index in [1.54, 1.807) is 0 Å². The molecular weight excluding hydrogens is 329 g/mol. The maximum Gasteiger partial charge on any atom is 0.416 e. The highest BCUT2D eigenvalue weighted by molar-refractivity contribution is 5.77. The lowest BCUT2D eigenvalue weighted by Gasteiger charge is -2.17. The van der Waals surface area contributed by atoms with Crippen molar-refractivity contribution in [2.75, 3.05) is 6.61 Å². The number of halogens is 3. The second-order valence-corrected chi connectivity index (χ2v) is 5.92. The van der Waals surface area contributed by atoms with Gasteiger partial charge in [-0.15, -0.1) is 0 Å². The molecule has 3 nitrogen and oxygen atoms in total. The number of fused-ring (bicyclic) bond motifs is 1. The van der Waals surface area contributed by atoms with Gasteiger partial charge < -0.3 is 9.67 Å². The molecule has 3 aromatic rings. The zero-order valence-corrected chi connectivity index (χ0v) is 13.8. The fourth-order valence-electron chi connectivity index (χ4n) is 3.18. The minimum Gasteiger partial charge on any atom is -0.395 e. The predicted molar refractivity (Wildman–Crippen MR) is 90.4 cm³/mol. The van der Waals surface area contributed by atoms with Crippen molar-refractivity contribution in [2.45, 2.75) is 32.0 Å². The summed E-state index contributed by atoms with van der Waals surface area (Å²) in [5.41, 5.74) is 1.24. The first kappa shape index (κ1) is 17.5. The summed E-state index contributed by atoms with van der Waals surface area (Å²) in [5.74, 6) is 0.631. The van der Waals surface area contributed by atoms with Gasteiger partial charge in [0.15, 0.2) is 0 Å². The van der Waals surface area contributed by atoms with Crippen molar-refractivity contribution in [3.63, 3.8) is 0 Å².